The Labute approximate surface area is 169 Å². The van der Waals surface area contributed by atoms with E-state index >= 15 is 0 Å². The molecule has 0 aromatic heterocycles. The fourth-order valence-electron chi connectivity index (χ4n) is 1.64. The Morgan fingerprint density at radius 3 is 1.38 bits per heavy atom. The summed E-state index contributed by atoms with van der Waals surface area (Å²) >= 11 is 4.50. The Hall–Kier alpha value is -1.56. The number of rotatable bonds is 4. The second kappa shape index (κ2) is 11.1. The van der Waals surface area contributed by atoms with E-state index in [2.05, 4.69) is 55.2 Å². The van der Waals surface area contributed by atoms with E-state index in [4.69, 9.17) is 22.9 Å². The van der Waals surface area contributed by atoms with E-state index in [9.17, 15) is 0 Å². The first-order valence-electron chi connectivity index (χ1n) is 6.96. The Kier molecular flexibility index (Phi) is 9.45. The minimum atomic E-state index is 0.133. The Bertz CT molecular complexity index is 646. The normalized spacial score (nSPS) is 9.42. The highest BCUT2D eigenvalue weighted by Gasteiger charge is 1.92. The highest BCUT2D eigenvalue weighted by atomic mass is 127. The summed E-state index contributed by atoms with van der Waals surface area (Å²) in [5.41, 5.74) is 23.1. The summed E-state index contributed by atoms with van der Waals surface area (Å²) in [5, 5.41) is 0. The van der Waals surface area contributed by atoms with Crippen LogP contribution in [0.2, 0.25) is 0 Å². The molecule has 2 aromatic rings. The van der Waals surface area contributed by atoms with Crippen molar-refractivity contribution in [2.45, 2.75) is 13.1 Å². The van der Waals surface area contributed by atoms with Gasteiger partial charge in [-0.15, -0.1) is 0 Å². The molecule has 0 atom stereocenters. The highest BCUT2D eigenvalue weighted by molar-refractivity contribution is 14.1. The zero-order chi connectivity index (χ0) is 17.9. The summed E-state index contributed by atoms with van der Waals surface area (Å²) in [6, 6.07) is 16.1. The lowest BCUT2D eigenvalue weighted by atomic mass is 10.2. The molecule has 0 aliphatic carbocycles. The van der Waals surface area contributed by atoms with Gasteiger partial charge in [0, 0.05) is 7.14 Å². The van der Waals surface area contributed by atoms with Crippen molar-refractivity contribution in [1.29, 1.82) is 0 Å². The molecule has 0 spiro atoms. The largest absolute Gasteiger partial charge is 0.370 e. The molecule has 2 rings (SSSR count). The molecule has 0 heterocycles. The molecular formula is C16H20I2N6. The van der Waals surface area contributed by atoms with Gasteiger partial charge >= 0.3 is 0 Å². The van der Waals surface area contributed by atoms with Crippen LogP contribution in [0.25, 0.3) is 0 Å². The highest BCUT2D eigenvalue weighted by Crippen LogP contribution is 2.09. The summed E-state index contributed by atoms with van der Waals surface area (Å²) in [4.78, 5) is 7.81. The van der Waals surface area contributed by atoms with Gasteiger partial charge in [0.1, 0.15) is 0 Å². The van der Waals surface area contributed by atoms with E-state index in [-0.39, 0.29) is 11.9 Å². The van der Waals surface area contributed by atoms with Gasteiger partial charge in [-0.3, -0.25) is 0 Å². The molecule has 0 aliphatic heterocycles. The van der Waals surface area contributed by atoms with Gasteiger partial charge in [-0.2, -0.15) is 0 Å². The van der Waals surface area contributed by atoms with E-state index in [1.165, 1.54) is 7.14 Å². The van der Waals surface area contributed by atoms with Gasteiger partial charge in [0.2, 0.25) is 0 Å². The molecule has 6 nitrogen and oxygen atoms in total. The third-order valence-corrected chi connectivity index (χ3v) is 4.01. The average Bonchev–Trinajstić information content (AvgIpc) is 2.52. The molecule has 0 saturated heterocycles. The zero-order valence-corrected chi connectivity index (χ0v) is 17.3. The first kappa shape index (κ1) is 20.5. The van der Waals surface area contributed by atoms with Gasteiger partial charge < -0.3 is 22.9 Å². The van der Waals surface area contributed by atoms with Crippen LogP contribution in [0, 0.1) is 7.14 Å². The van der Waals surface area contributed by atoms with Crippen molar-refractivity contribution in [3.63, 3.8) is 0 Å². The molecular weight excluding hydrogens is 530 g/mol. The fourth-order valence-corrected chi connectivity index (χ4v) is 2.85. The van der Waals surface area contributed by atoms with E-state index in [0.717, 1.165) is 11.1 Å². The second-order valence-electron chi connectivity index (χ2n) is 4.74. The first-order chi connectivity index (χ1) is 11.4. The Morgan fingerprint density at radius 2 is 1.08 bits per heavy atom. The number of aliphatic imine (C=N–C) groups is 2. The third kappa shape index (κ3) is 9.55. The number of guanidine groups is 2. The summed E-state index contributed by atoms with van der Waals surface area (Å²) in [7, 11) is 0. The molecule has 0 unspecified atom stereocenters. The lowest BCUT2D eigenvalue weighted by molar-refractivity contribution is 1.05. The molecule has 0 saturated carbocycles. The average molecular weight is 550 g/mol. The lowest BCUT2D eigenvalue weighted by Gasteiger charge is -1.97. The topological polar surface area (TPSA) is 129 Å². The van der Waals surface area contributed by atoms with Crippen LogP contribution in [0.1, 0.15) is 11.1 Å². The van der Waals surface area contributed by atoms with Crippen molar-refractivity contribution < 1.29 is 0 Å². The predicted molar refractivity (Wildman–Crippen MR) is 117 cm³/mol. The van der Waals surface area contributed by atoms with Crippen molar-refractivity contribution in [3.8, 4) is 0 Å². The van der Waals surface area contributed by atoms with E-state index in [0.29, 0.717) is 13.1 Å². The second-order valence-corrected chi connectivity index (χ2v) is 7.23. The van der Waals surface area contributed by atoms with Crippen molar-refractivity contribution >= 4 is 57.1 Å². The van der Waals surface area contributed by atoms with Crippen LogP contribution in [0.15, 0.2) is 58.5 Å². The maximum Gasteiger partial charge on any atom is 0.186 e. The van der Waals surface area contributed by atoms with Crippen molar-refractivity contribution in [3.05, 3.63) is 66.8 Å². The molecule has 0 fully saturated rings. The number of halogens is 2. The number of hydrogen-bond donors (Lipinski definition) is 4. The quantitative estimate of drug-likeness (QED) is 0.264. The van der Waals surface area contributed by atoms with Gasteiger partial charge in [0.05, 0.1) is 13.1 Å². The van der Waals surface area contributed by atoms with Crippen LogP contribution in [-0.4, -0.2) is 11.9 Å². The van der Waals surface area contributed by atoms with E-state index in [1.54, 1.807) is 0 Å². The number of hydrogen-bond acceptors (Lipinski definition) is 2. The predicted octanol–water partition coefficient (Wildman–Crippen LogP) is 2.13. The molecule has 0 aliphatic rings. The fraction of sp³-hybridized carbons (Fsp3) is 0.125. The summed E-state index contributed by atoms with van der Waals surface area (Å²) in [5.74, 6) is 0.266. The summed E-state index contributed by atoms with van der Waals surface area (Å²) in [6.45, 7) is 1.11. The molecule has 24 heavy (non-hydrogen) atoms. The van der Waals surface area contributed by atoms with E-state index in [1.807, 2.05) is 48.5 Å². The van der Waals surface area contributed by atoms with Gasteiger partial charge in [-0.25, -0.2) is 9.98 Å². The number of nitrogens with two attached hydrogens (primary N) is 4. The smallest absolute Gasteiger partial charge is 0.186 e. The van der Waals surface area contributed by atoms with Crippen LogP contribution < -0.4 is 22.9 Å². The van der Waals surface area contributed by atoms with Crippen LogP contribution in [0.5, 0.6) is 0 Å². The summed E-state index contributed by atoms with van der Waals surface area (Å²) in [6.07, 6.45) is 0. The van der Waals surface area contributed by atoms with Crippen molar-refractivity contribution in [2.75, 3.05) is 0 Å². The van der Waals surface area contributed by atoms with Crippen LogP contribution >= 0.6 is 45.2 Å². The third-order valence-electron chi connectivity index (χ3n) is 2.67. The summed E-state index contributed by atoms with van der Waals surface area (Å²) < 4.78 is 2.38. The molecule has 0 bridgehead atoms. The van der Waals surface area contributed by atoms with Gasteiger partial charge in [0.25, 0.3) is 0 Å². The maximum absolute atomic E-state index is 5.20. The molecule has 0 amide bonds. The van der Waals surface area contributed by atoms with Crippen LogP contribution in [-0.2, 0) is 13.1 Å². The maximum atomic E-state index is 5.20. The van der Waals surface area contributed by atoms with Gasteiger partial charge in [-0.1, -0.05) is 24.3 Å². The molecule has 8 heteroatoms. The molecule has 128 valence electrons. The number of nitrogens with zero attached hydrogens (tertiary/aromatic N) is 2. The van der Waals surface area contributed by atoms with Gasteiger partial charge in [0.15, 0.2) is 11.9 Å². The van der Waals surface area contributed by atoms with Crippen LogP contribution in [0.4, 0.5) is 0 Å². The molecule has 0 radical (unpaired) electrons. The monoisotopic (exact) mass is 550 g/mol. The zero-order valence-electron chi connectivity index (χ0n) is 13.0. The van der Waals surface area contributed by atoms with Crippen molar-refractivity contribution in [2.24, 2.45) is 32.9 Å². The van der Waals surface area contributed by atoms with E-state index < -0.39 is 0 Å². The van der Waals surface area contributed by atoms with Crippen LogP contribution in [0.3, 0.4) is 0 Å². The lowest BCUT2D eigenvalue weighted by Crippen LogP contribution is -2.22. The molecule has 8 N–H and O–H groups in total. The molecule has 2 aromatic carbocycles. The Balaban J connectivity index is 0.000000240. The minimum absolute atomic E-state index is 0.133. The first-order valence-corrected chi connectivity index (χ1v) is 9.12. The Morgan fingerprint density at radius 1 is 0.708 bits per heavy atom. The standard InChI is InChI=1S/2C8H10IN3/c2*9-7-3-1-2-6(4-7)5-12-8(10)11/h2*1-4H,5H2,(H4,10,11,12). The van der Waals surface area contributed by atoms with Crippen molar-refractivity contribution in [1.82, 2.24) is 0 Å². The minimum Gasteiger partial charge on any atom is -0.370 e. The SMILES string of the molecule is NC(N)=NCc1cccc(I)c1.NC(N)=NCc1cccc(I)c1. The van der Waals surface area contributed by atoms with Gasteiger partial charge in [-0.05, 0) is 80.6 Å². The number of benzene rings is 2.